The van der Waals surface area contributed by atoms with E-state index >= 15 is 0 Å². The average molecular weight is 407 g/mol. The van der Waals surface area contributed by atoms with Crippen LogP contribution in [0.25, 0.3) is 0 Å². The molecule has 0 atom stereocenters. The summed E-state index contributed by atoms with van der Waals surface area (Å²) < 4.78 is 20.5. The lowest BCUT2D eigenvalue weighted by Crippen LogP contribution is -2.18. The van der Waals surface area contributed by atoms with Crippen LogP contribution in [0.4, 0.5) is 5.00 Å². The predicted octanol–water partition coefficient (Wildman–Crippen LogP) is 3.37. The highest BCUT2D eigenvalue weighted by molar-refractivity contribution is 7.15. The Labute approximate surface area is 166 Å². The largest absolute Gasteiger partial charge is 0.496 e. The first-order valence-corrected chi connectivity index (χ1v) is 9.34. The van der Waals surface area contributed by atoms with Crippen LogP contribution in [0.15, 0.2) is 23.6 Å². The Hall–Kier alpha value is -3.07. The third-order valence-electron chi connectivity index (χ3n) is 3.65. The number of methoxy groups -OCH3 is 2. The molecular formula is C19H21NO7S. The molecule has 1 aromatic carbocycles. The Kier molecular flexibility index (Phi) is 7.39. The van der Waals surface area contributed by atoms with Crippen LogP contribution in [-0.2, 0) is 9.47 Å². The summed E-state index contributed by atoms with van der Waals surface area (Å²) >= 11 is 1.02. The number of ether oxygens (including phenoxy) is 4. The van der Waals surface area contributed by atoms with Crippen molar-refractivity contribution in [1.82, 2.24) is 0 Å². The molecule has 0 fully saturated rings. The van der Waals surface area contributed by atoms with Crippen LogP contribution in [0.3, 0.4) is 0 Å². The van der Waals surface area contributed by atoms with Crippen molar-refractivity contribution in [2.24, 2.45) is 0 Å². The van der Waals surface area contributed by atoms with E-state index in [0.717, 1.165) is 11.3 Å². The van der Waals surface area contributed by atoms with Gasteiger partial charge in [0.1, 0.15) is 27.6 Å². The minimum Gasteiger partial charge on any atom is -0.496 e. The summed E-state index contributed by atoms with van der Waals surface area (Å²) in [5, 5.41) is 4.25. The number of esters is 2. The van der Waals surface area contributed by atoms with Crippen molar-refractivity contribution in [3.63, 3.8) is 0 Å². The maximum Gasteiger partial charge on any atom is 0.342 e. The van der Waals surface area contributed by atoms with Gasteiger partial charge in [0.15, 0.2) is 0 Å². The van der Waals surface area contributed by atoms with E-state index in [1.165, 1.54) is 19.6 Å². The smallest absolute Gasteiger partial charge is 0.342 e. The molecule has 0 aliphatic heterocycles. The molecule has 2 rings (SSSR count). The minimum absolute atomic E-state index is 0.0348. The van der Waals surface area contributed by atoms with E-state index in [4.69, 9.17) is 18.9 Å². The number of anilines is 1. The van der Waals surface area contributed by atoms with E-state index in [1.54, 1.807) is 32.0 Å². The van der Waals surface area contributed by atoms with Gasteiger partial charge in [0.05, 0.1) is 33.0 Å². The highest BCUT2D eigenvalue weighted by Gasteiger charge is 2.28. The van der Waals surface area contributed by atoms with E-state index in [9.17, 15) is 14.4 Å². The maximum absolute atomic E-state index is 12.9. The summed E-state index contributed by atoms with van der Waals surface area (Å²) in [5.74, 6) is -1.35. The summed E-state index contributed by atoms with van der Waals surface area (Å²) in [6.07, 6.45) is 0. The first-order valence-electron chi connectivity index (χ1n) is 8.46. The molecule has 0 aliphatic carbocycles. The SMILES string of the molecule is CCOC(=O)c1csc(NC(=O)c2c(OC)cccc2OC)c1C(=O)OCC. The van der Waals surface area contributed by atoms with Crippen LogP contribution in [0.5, 0.6) is 11.5 Å². The molecule has 1 N–H and O–H groups in total. The molecule has 2 aromatic rings. The van der Waals surface area contributed by atoms with Crippen molar-refractivity contribution in [3.05, 3.63) is 40.3 Å². The molecule has 0 radical (unpaired) electrons. The lowest BCUT2D eigenvalue weighted by Gasteiger charge is -2.13. The Morgan fingerprint density at radius 3 is 2.04 bits per heavy atom. The van der Waals surface area contributed by atoms with Crippen LogP contribution in [0.1, 0.15) is 44.9 Å². The Morgan fingerprint density at radius 2 is 1.50 bits per heavy atom. The fourth-order valence-corrected chi connectivity index (χ4v) is 3.37. The van der Waals surface area contributed by atoms with Gasteiger partial charge in [-0.2, -0.15) is 0 Å². The normalized spacial score (nSPS) is 10.1. The highest BCUT2D eigenvalue weighted by Crippen LogP contribution is 2.33. The molecule has 0 bridgehead atoms. The fraction of sp³-hybridized carbons (Fsp3) is 0.316. The molecule has 0 saturated carbocycles. The van der Waals surface area contributed by atoms with Gasteiger partial charge in [-0.15, -0.1) is 11.3 Å². The molecule has 28 heavy (non-hydrogen) atoms. The number of benzene rings is 1. The number of carbonyl (C=O) groups excluding carboxylic acids is 3. The van der Waals surface area contributed by atoms with Crippen LogP contribution in [0.2, 0.25) is 0 Å². The molecule has 1 amide bonds. The highest BCUT2D eigenvalue weighted by atomic mass is 32.1. The zero-order valence-corrected chi connectivity index (χ0v) is 16.8. The third kappa shape index (κ3) is 4.42. The van der Waals surface area contributed by atoms with Crippen LogP contribution < -0.4 is 14.8 Å². The van der Waals surface area contributed by atoms with Crippen molar-refractivity contribution in [3.8, 4) is 11.5 Å². The number of rotatable bonds is 8. The van der Waals surface area contributed by atoms with E-state index in [2.05, 4.69) is 5.32 Å². The van der Waals surface area contributed by atoms with Crippen molar-refractivity contribution >= 4 is 34.2 Å². The Morgan fingerprint density at radius 1 is 0.929 bits per heavy atom. The summed E-state index contributed by atoms with van der Waals surface area (Å²) in [7, 11) is 2.86. The second-order valence-electron chi connectivity index (χ2n) is 5.29. The standard InChI is InChI=1S/C19H21NO7S/c1-5-26-18(22)11-10-28-17(14(11)19(23)27-6-2)20-16(21)15-12(24-3)8-7-9-13(15)25-4/h7-10H,5-6H2,1-4H3,(H,20,21). The number of hydrogen-bond acceptors (Lipinski definition) is 8. The number of amides is 1. The van der Waals surface area contributed by atoms with E-state index in [0.29, 0.717) is 11.5 Å². The van der Waals surface area contributed by atoms with Gasteiger partial charge in [0.2, 0.25) is 0 Å². The molecule has 8 nitrogen and oxygen atoms in total. The number of hydrogen-bond donors (Lipinski definition) is 1. The number of nitrogens with one attached hydrogen (secondary N) is 1. The van der Waals surface area contributed by atoms with Crippen molar-refractivity contribution in [1.29, 1.82) is 0 Å². The first kappa shape index (κ1) is 21.2. The van der Waals surface area contributed by atoms with Gasteiger partial charge in [-0.25, -0.2) is 9.59 Å². The van der Waals surface area contributed by atoms with Gasteiger partial charge in [-0.05, 0) is 26.0 Å². The van der Waals surface area contributed by atoms with E-state index in [1.807, 2.05) is 0 Å². The van der Waals surface area contributed by atoms with Crippen LogP contribution >= 0.6 is 11.3 Å². The molecule has 1 aromatic heterocycles. The lowest BCUT2D eigenvalue weighted by atomic mass is 10.1. The quantitative estimate of drug-likeness (QED) is 0.670. The summed E-state index contributed by atoms with van der Waals surface area (Å²) in [6.45, 7) is 3.57. The Balaban J connectivity index is 2.45. The molecular weight excluding hydrogens is 386 g/mol. The van der Waals surface area contributed by atoms with Gasteiger partial charge in [-0.1, -0.05) is 6.07 Å². The van der Waals surface area contributed by atoms with Crippen LogP contribution in [-0.4, -0.2) is 45.3 Å². The summed E-state index contributed by atoms with van der Waals surface area (Å²) in [4.78, 5) is 37.4. The molecule has 0 saturated heterocycles. The van der Waals surface area contributed by atoms with Crippen LogP contribution in [0, 0.1) is 0 Å². The van der Waals surface area contributed by atoms with Crippen molar-refractivity contribution < 1.29 is 33.3 Å². The van der Waals surface area contributed by atoms with Gasteiger partial charge < -0.3 is 24.3 Å². The zero-order valence-electron chi connectivity index (χ0n) is 16.0. The average Bonchev–Trinajstić information content (AvgIpc) is 3.11. The topological polar surface area (TPSA) is 100 Å². The number of thiophene rings is 1. The zero-order chi connectivity index (χ0) is 20.7. The number of carbonyl (C=O) groups is 3. The molecule has 150 valence electrons. The molecule has 0 spiro atoms. The van der Waals surface area contributed by atoms with E-state index < -0.39 is 17.8 Å². The molecule has 1 heterocycles. The minimum atomic E-state index is -0.728. The maximum atomic E-state index is 12.9. The van der Waals surface area contributed by atoms with Gasteiger partial charge in [0.25, 0.3) is 5.91 Å². The first-order chi connectivity index (χ1) is 13.5. The third-order valence-corrected chi connectivity index (χ3v) is 4.54. The van der Waals surface area contributed by atoms with Gasteiger partial charge in [-0.3, -0.25) is 4.79 Å². The van der Waals surface area contributed by atoms with E-state index in [-0.39, 0.29) is 34.9 Å². The summed E-state index contributed by atoms with van der Waals surface area (Å²) in [6, 6.07) is 4.91. The van der Waals surface area contributed by atoms with Crippen molar-refractivity contribution in [2.45, 2.75) is 13.8 Å². The van der Waals surface area contributed by atoms with Gasteiger partial charge in [0, 0.05) is 5.38 Å². The molecule has 0 aliphatic rings. The lowest BCUT2D eigenvalue weighted by molar-refractivity contribution is 0.0481. The molecule has 9 heteroatoms. The fourth-order valence-electron chi connectivity index (χ4n) is 2.46. The summed E-state index contributed by atoms with van der Waals surface area (Å²) in [5.41, 5.74) is 0.147. The predicted molar refractivity (Wildman–Crippen MR) is 104 cm³/mol. The van der Waals surface area contributed by atoms with Crippen molar-refractivity contribution in [2.75, 3.05) is 32.8 Å². The Bertz CT molecular complexity index is 853. The second-order valence-corrected chi connectivity index (χ2v) is 6.17. The second kappa shape index (κ2) is 9.75. The monoisotopic (exact) mass is 407 g/mol. The molecule has 0 unspecified atom stereocenters. The van der Waals surface area contributed by atoms with Gasteiger partial charge >= 0.3 is 11.9 Å².